The van der Waals surface area contributed by atoms with Crippen LogP contribution in [0.2, 0.25) is 0 Å². The van der Waals surface area contributed by atoms with Crippen molar-refractivity contribution < 1.29 is 17.9 Å². The maximum atomic E-state index is 12.9. The minimum Gasteiger partial charge on any atom is -0.379 e. The highest BCUT2D eigenvalue weighted by Crippen LogP contribution is 2.36. The third kappa shape index (κ3) is 2.60. The van der Waals surface area contributed by atoms with Gasteiger partial charge in [-0.1, -0.05) is 0 Å². The van der Waals surface area contributed by atoms with Crippen LogP contribution in [-0.2, 0) is 10.9 Å². The fourth-order valence-electron chi connectivity index (χ4n) is 2.67. The molecule has 0 bridgehead atoms. The van der Waals surface area contributed by atoms with Gasteiger partial charge in [-0.2, -0.15) is 13.2 Å². The summed E-state index contributed by atoms with van der Waals surface area (Å²) >= 11 is 0. The van der Waals surface area contributed by atoms with Gasteiger partial charge in [-0.05, 0) is 12.1 Å². The first-order chi connectivity index (χ1) is 9.55. The zero-order valence-corrected chi connectivity index (χ0v) is 10.9. The highest BCUT2D eigenvalue weighted by molar-refractivity contribution is 5.51. The Morgan fingerprint density at radius 3 is 2.55 bits per heavy atom. The maximum absolute atomic E-state index is 12.9. The summed E-state index contributed by atoms with van der Waals surface area (Å²) in [6, 6.07) is 2.72. The van der Waals surface area contributed by atoms with E-state index in [0.29, 0.717) is 32.3 Å². The first-order valence-corrected chi connectivity index (χ1v) is 6.64. The average Bonchev–Trinajstić information content (AvgIpc) is 2.38. The molecule has 1 aromatic rings. The van der Waals surface area contributed by atoms with Crippen molar-refractivity contribution in [3.05, 3.63) is 23.9 Å². The number of nitrogens with zero attached hydrogens (tertiary/aromatic N) is 3. The van der Waals surface area contributed by atoms with E-state index < -0.39 is 11.7 Å². The lowest BCUT2D eigenvalue weighted by Gasteiger charge is -2.47. The topological polar surface area (TPSA) is 28.6 Å². The van der Waals surface area contributed by atoms with Gasteiger partial charge in [0.15, 0.2) is 0 Å². The molecule has 3 rings (SSSR count). The van der Waals surface area contributed by atoms with Crippen molar-refractivity contribution in [2.24, 2.45) is 0 Å². The van der Waals surface area contributed by atoms with Gasteiger partial charge < -0.3 is 9.64 Å². The number of hydrogen-bond donors (Lipinski definition) is 0. The highest BCUT2D eigenvalue weighted by Gasteiger charge is 2.40. The lowest BCUT2D eigenvalue weighted by Crippen LogP contribution is -2.62. The number of aromatic nitrogens is 1. The molecule has 0 unspecified atom stereocenters. The predicted molar refractivity (Wildman–Crippen MR) is 67.6 cm³/mol. The SMILES string of the molecule is FC(F)(F)c1cccnc1N1CC(N2CCOCC2)C1. The molecule has 0 spiro atoms. The van der Waals surface area contributed by atoms with Gasteiger partial charge in [0.2, 0.25) is 0 Å². The molecule has 2 fully saturated rings. The van der Waals surface area contributed by atoms with Crippen LogP contribution in [0.15, 0.2) is 18.3 Å². The first kappa shape index (κ1) is 13.6. The molecular weight excluding hydrogens is 271 g/mol. The molecule has 0 radical (unpaired) electrons. The first-order valence-electron chi connectivity index (χ1n) is 6.64. The van der Waals surface area contributed by atoms with Crippen LogP contribution in [0.3, 0.4) is 0 Å². The Kier molecular flexibility index (Phi) is 3.55. The van der Waals surface area contributed by atoms with Crippen molar-refractivity contribution in [1.29, 1.82) is 0 Å². The molecule has 0 N–H and O–H groups in total. The Hall–Kier alpha value is -1.34. The second-order valence-electron chi connectivity index (χ2n) is 5.08. The van der Waals surface area contributed by atoms with Gasteiger partial charge in [0.1, 0.15) is 5.82 Å². The van der Waals surface area contributed by atoms with Crippen LogP contribution in [0.25, 0.3) is 0 Å². The smallest absolute Gasteiger partial charge is 0.379 e. The van der Waals surface area contributed by atoms with Crippen molar-refractivity contribution in [3.8, 4) is 0 Å². The van der Waals surface area contributed by atoms with Crippen LogP contribution in [0.5, 0.6) is 0 Å². The number of morpholine rings is 1. The van der Waals surface area contributed by atoms with Crippen molar-refractivity contribution >= 4 is 5.82 Å². The zero-order valence-electron chi connectivity index (χ0n) is 10.9. The molecule has 3 heterocycles. The Bertz CT molecular complexity index is 468. The molecule has 7 heteroatoms. The Balaban J connectivity index is 1.68. The van der Waals surface area contributed by atoms with Gasteiger partial charge in [0.25, 0.3) is 0 Å². The summed E-state index contributed by atoms with van der Waals surface area (Å²) in [5, 5.41) is 0. The van der Waals surface area contributed by atoms with Gasteiger partial charge in [-0.3, -0.25) is 4.90 Å². The fraction of sp³-hybridized carbons (Fsp3) is 0.615. The Labute approximate surface area is 115 Å². The van der Waals surface area contributed by atoms with E-state index in [1.165, 1.54) is 12.3 Å². The number of alkyl halides is 3. The van der Waals surface area contributed by atoms with E-state index in [0.717, 1.165) is 19.2 Å². The zero-order chi connectivity index (χ0) is 14.2. The maximum Gasteiger partial charge on any atom is 0.419 e. The summed E-state index contributed by atoms with van der Waals surface area (Å²) in [5.74, 6) is 0.0458. The number of pyridine rings is 1. The lowest BCUT2D eigenvalue weighted by molar-refractivity contribution is -0.137. The third-order valence-corrected chi connectivity index (χ3v) is 3.82. The monoisotopic (exact) mass is 287 g/mol. The molecule has 2 aliphatic heterocycles. The van der Waals surface area contributed by atoms with Crippen LogP contribution in [0.4, 0.5) is 19.0 Å². The second kappa shape index (κ2) is 5.21. The molecule has 1 aromatic heterocycles. The standard InChI is InChI=1S/C13H16F3N3O/c14-13(15,16)11-2-1-3-17-12(11)19-8-10(9-19)18-4-6-20-7-5-18/h1-3,10H,4-9H2. The van der Waals surface area contributed by atoms with E-state index in [9.17, 15) is 13.2 Å². The Morgan fingerprint density at radius 1 is 1.20 bits per heavy atom. The minimum absolute atomic E-state index is 0.0458. The van der Waals surface area contributed by atoms with Crippen molar-refractivity contribution in [1.82, 2.24) is 9.88 Å². The molecular formula is C13H16F3N3O. The number of rotatable bonds is 2. The number of halogens is 3. The number of hydrogen-bond acceptors (Lipinski definition) is 4. The minimum atomic E-state index is -4.35. The van der Waals surface area contributed by atoms with E-state index in [2.05, 4.69) is 9.88 Å². The molecule has 4 nitrogen and oxygen atoms in total. The van der Waals surface area contributed by atoms with Gasteiger partial charge in [0, 0.05) is 38.4 Å². The van der Waals surface area contributed by atoms with E-state index in [1.807, 2.05) is 0 Å². The average molecular weight is 287 g/mol. The molecule has 0 aliphatic carbocycles. The second-order valence-corrected chi connectivity index (χ2v) is 5.08. The summed E-state index contributed by atoms with van der Waals surface area (Å²) in [7, 11) is 0. The molecule has 2 aliphatic rings. The van der Waals surface area contributed by atoms with E-state index >= 15 is 0 Å². The summed E-state index contributed by atoms with van der Waals surface area (Å²) < 4.78 is 44.1. The molecule has 2 saturated heterocycles. The quantitative estimate of drug-likeness (QED) is 0.826. The van der Waals surface area contributed by atoms with Crippen LogP contribution in [0, 0.1) is 0 Å². The van der Waals surface area contributed by atoms with E-state index in [4.69, 9.17) is 4.74 Å². The molecule has 0 saturated carbocycles. The van der Waals surface area contributed by atoms with Crippen molar-refractivity contribution in [2.45, 2.75) is 12.2 Å². The van der Waals surface area contributed by atoms with Gasteiger partial charge in [-0.25, -0.2) is 4.98 Å². The highest BCUT2D eigenvalue weighted by atomic mass is 19.4. The Morgan fingerprint density at radius 2 is 1.90 bits per heavy atom. The lowest BCUT2D eigenvalue weighted by atomic mass is 10.1. The summed E-state index contributed by atoms with van der Waals surface area (Å²) in [4.78, 5) is 7.88. The normalized spacial score (nSPS) is 21.9. The van der Waals surface area contributed by atoms with Gasteiger partial charge in [-0.15, -0.1) is 0 Å². The van der Waals surface area contributed by atoms with Crippen LogP contribution in [0.1, 0.15) is 5.56 Å². The van der Waals surface area contributed by atoms with Crippen LogP contribution >= 0.6 is 0 Å². The molecule has 0 amide bonds. The van der Waals surface area contributed by atoms with Crippen molar-refractivity contribution in [3.63, 3.8) is 0 Å². The largest absolute Gasteiger partial charge is 0.419 e. The molecule has 20 heavy (non-hydrogen) atoms. The van der Waals surface area contributed by atoms with Crippen molar-refractivity contribution in [2.75, 3.05) is 44.3 Å². The predicted octanol–water partition coefficient (Wildman–Crippen LogP) is 1.62. The molecule has 0 atom stereocenters. The van der Waals surface area contributed by atoms with E-state index in [1.54, 1.807) is 4.90 Å². The van der Waals surface area contributed by atoms with Crippen LogP contribution in [-0.4, -0.2) is 55.3 Å². The third-order valence-electron chi connectivity index (χ3n) is 3.82. The van der Waals surface area contributed by atoms with Gasteiger partial charge >= 0.3 is 6.18 Å². The fourth-order valence-corrected chi connectivity index (χ4v) is 2.67. The summed E-state index contributed by atoms with van der Waals surface area (Å²) in [6.07, 6.45) is -2.94. The number of ether oxygens (including phenoxy) is 1. The van der Waals surface area contributed by atoms with E-state index in [-0.39, 0.29) is 5.82 Å². The molecule has 0 aromatic carbocycles. The molecule has 110 valence electrons. The number of anilines is 1. The van der Waals surface area contributed by atoms with Crippen LogP contribution < -0.4 is 4.90 Å². The van der Waals surface area contributed by atoms with Gasteiger partial charge in [0.05, 0.1) is 18.8 Å². The summed E-state index contributed by atoms with van der Waals surface area (Å²) in [5.41, 5.74) is -0.652. The summed E-state index contributed by atoms with van der Waals surface area (Å²) in [6.45, 7) is 4.31.